The number of methoxy groups -OCH3 is 1. The molecule has 3 fully saturated rings. The summed E-state index contributed by atoms with van der Waals surface area (Å²) >= 11 is 8.28. The monoisotopic (exact) mass is 813 g/mol. The van der Waals surface area contributed by atoms with Crippen molar-refractivity contribution >= 4 is 69.5 Å². The number of fused-ring (bicyclic) bond motifs is 4. The van der Waals surface area contributed by atoms with Gasteiger partial charge in [-0.2, -0.15) is 5.01 Å². The first kappa shape index (κ1) is 34.0. The number of carboxylic acid groups (broad SMARTS) is 1. The molecule has 0 bridgehead atoms. The number of hydrazine groups is 1. The van der Waals surface area contributed by atoms with Gasteiger partial charge in [0.05, 0.1) is 46.0 Å². The number of aliphatic carboxylic acids is 1. The van der Waals surface area contributed by atoms with Crippen LogP contribution in [0.25, 0.3) is 0 Å². The van der Waals surface area contributed by atoms with Crippen LogP contribution in [0, 0.1) is 33.1 Å². The highest BCUT2D eigenvalue weighted by Crippen LogP contribution is 2.64. The van der Waals surface area contributed by atoms with E-state index in [9.17, 15) is 33.8 Å². The number of aromatic hydroxyl groups is 1. The van der Waals surface area contributed by atoms with Gasteiger partial charge in [-0.3, -0.25) is 34.3 Å². The Morgan fingerprint density at radius 3 is 2.40 bits per heavy atom. The number of halogens is 3. The van der Waals surface area contributed by atoms with Gasteiger partial charge in [0, 0.05) is 17.5 Å². The van der Waals surface area contributed by atoms with Gasteiger partial charge in [0.25, 0.3) is 11.8 Å². The number of carboxylic acids is 1. The van der Waals surface area contributed by atoms with Crippen LogP contribution >= 0.6 is 34.2 Å². The fourth-order valence-corrected chi connectivity index (χ4v) is 9.19. The Morgan fingerprint density at radius 2 is 1.74 bits per heavy atom. The van der Waals surface area contributed by atoms with Crippen molar-refractivity contribution in [3.63, 3.8) is 0 Å². The van der Waals surface area contributed by atoms with Crippen molar-refractivity contribution in [3.8, 4) is 11.5 Å². The molecule has 0 spiro atoms. The lowest BCUT2D eigenvalue weighted by atomic mass is 9.49. The molecule has 3 N–H and O–H groups in total. The first-order valence-electron chi connectivity index (χ1n) is 15.9. The minimum Gasteiger partial charge on any atom is -0.504 e. The SMILES string of the molecule is COc1cc([C@H]2C3=CC[C@@H]4C(=O)N(CCC(=O)O)C(=O)[C@@H]4[C@@H]3C[C@H]3C(=O)N(Nc4ccc(F)cc4)C(=O)[C@@]23c2ccc(Cl)cc2)cc(I)c1O. The van der Waals surface area contributed by atoms with Crippen LogP contribution < -0.4 is 10.2 Å². The summed E-state index contributed by atoms with van der Waals surface area (Å²) in [7, 11) is 1.40. The standard InChI is InChI=1S/C36H30ClFIN3O8/c1-50-27-15-17(14-26(39)31(27)45)30-22-10-11-23-29(34(48)41(32(23)46)13-12-28(43)44)24(22)16-25-33(47)42(40-21-8-6-20(38)7-9-21)35(49)36(25,30)18-2-4-19(37)5-3-18/h2-10,14-15,23-25,29-30,40,45H,11-13,16H2,1H3,(H,43,44)/t23-,24+,25-,29-,30-,36+/m0/s1. The fourth-order valence-electron chi connectivity index (χ4n) is 8.44. The van der Waals surface area contributed by atoms with Gasteiger partial charge < -0.3 is 14.9 Å². The topological polar surface area (TPSA) is 154 Å². The molecule has 0 unspecified atom stereocenters. The minimum atomic E-state index is -1.61. The molecule has 4 aliphatic rings. The predicted octanol–water partition coefficient (Wildman–Crippen LogP) is 5.26. The lowest BCUT2D eigenvalue weighted by Crippen LogP contribution is -2.53. The highest BCUT2D eigenvalue weighted by atomic mass is 127. The quantitative estimate of drug-likeness (QED) is 0.157. The second kappa shape index (κ2) is 12.7. The average Bonchev–Trinajstić information content (AvgIpc) is 3.46. The number of benzene rings is 3. The summed E-state index contributed by atoms with van der Waals surface area (Å²) in [4.78, 5) is 69.8. The zero-order chi connectivity index (χ0) is 35.6. The van der Waals surface area contributed by atoms with Crippen molar-refractivity contribution in [2.24, 2.45) is 23.7 Å². The number of carbonyl (C=O) groups is 5. The molecule has 50 heavy (non-hydrogen) atoms. The summed E-state index contributed by atoms with van der Waals surface area (Å²) in [6, 6.07) is 15.2. The molecule has 4 amide bonds. The van der Waals surface area contributed by atoms with Crippen LogP contribution in [0.1, 0.15) is 36.3 Å². The lowest BCUT2D eigenvalue weighted by Gasteiger charge is -2.50. The fraction of sp³-hybridized carbons (Fsp3) is 0.306. The molecule has 0 aromatic heterocycles. The molecule has 1 saturated carbocycles. The maximum absolute atomic E-state index is 15.2. The number of amides is 4. The van der Waals surface area contributed by atoms with E-state index in [-0.39, 0.29) is 36.6 Å². The van der Waals surface area contributed by atoms with Crippen LogP contribution in [0.3, 0.4) is 0 Å². The number of rotatable bonds is 8. The van der Waals surface area contributed by atoms with Gasteiger partial charge >= 0.3 is 5.97 Å². The summed E-state index contributed by atoms with van der Waals surface area (Å²) in [5.74, 6) is -8.06. The van der Waals surface area contributed by atoms with Gasteiger partial charge in [-0.15, -0.1) is 0 Å². The molecule has 3 aromatic rings. The summed E-state index contributed by atoms with van der Waals surface area (Å²) in [6.45, 7) is -0.274. The zero-order valence-corrected chi connectivity index (χ0v) is 29.4. The second-order valence-corrected chi connectivity index (χ2v) is 14.5. The second-order valence-electron chi connectivity index (χ2n) is 12.9. The van der Waals surface area contributed by atoms with Gasteiger partial charge in [0.15, 0.2) is 11.5 Å². The Bertz CT molecular complexity index is 1990. The Morgan fingerprint density at radius 1 is 1.04 bits per heavy atom. The third-order valence-electron chi connectivity index (χ3n) is 10.5. The van der Waals surface area contributed by atoms with Crippen LogP contribution in [-0.2, 0) is 29.4 Å². The number of allylic oxidation sites excluding steroid dienone is 2. The third-order valence-corrected chi connectivity index (χ3v) is 11.6. The van der Waals surface area contributed by atoms with Crippen LogP contribution in [0.2, 0.25) is 5.02 Å². The number of hydrogen-bond donors (Lipinski definition) is 3. The van der Waals surface area contributed by atoms with Crippen LogP contribution in [0.15, 0.2) is 72.3 Å². The van der Waals surface area contributed by atoms with Crippen molar-refractivity contribution < 1.29 is 43.3 Å². The van der Waals surface area contributed by atoms with Crippen molar-refractivity contribution in [1.82, 2.24) is 9.91 Å². The smallest absolute Gasteiger partial charge is 0.305 e. The molecule has 2 saturated heterocycles. The van der Waals surface area contributed by atoms with E-state index in [0.717, 1.165) is 9.91 Å². The molecular formula is C36H30ClFIN3O8. The number of likely N-dealkylation sites (tertiary alicyclic amines) is 1. The van der Waals surface area contributed by atoms with E-state index in [1.807, 2.05) is 28.7 Å². The Hall–Kier alpha value is -4.50. The molecular weight excluding hydrogens is 784 g/mol. The van der Waals surface area contributed by atoms with Crippen molar-refractivity contribution in [2.75, 3.05) is 19.1 Å². The van der Waals surface area contributed by atoms with E-state index in [4.69, 9.17) is 16.3 Å². The van der Waals surface area contributed by atoms with Gasteiger partial charge in [-0.1, -0.05) is 35.4 Å². The van der Waals surface area contributed by atoms with Gasteiger partial charge in [0.1, 0.15) is 5.82 Å². The first-order chi connectivity index (χ1) is 23.9. The van der Waals surface area contributed by atoms with Crippen LogP contribution in [0.5, 0.6) is 11.5 Å². The highest BCUT2D eigenvalue weighted by molar-refractivity contribution is 14.1. The Labute approximate surface area is 304 Å². The van der Waals surface area contributed by atoms with Gasteiger partial charge in [-0.05, 0) is 101 Å². The van der Waals surface area contributed by atoms with Gasteiger partial charge in [0.2, 0.25) is 11.8 Å². The van der Waals surface area contributed by atoms with Crippen LogP contribution in [-0.4, -0.2) is 63.4 Å². The maximum Gasteiger partial charge on any atom is 0.305 e. The number of phenolic OH excluding ortho intramolecular Hbond substituents is 1. The molecule has 11 nitrogen and oxygen atoms in total. The largest absolute Gasteiger partial charge is 0.504 e. The summed E-state index contributed by atoms with van der Waals surface area (Å²) in [5.41, 5.74) is 3.26. The molecule has 3 aromatic carbocycles. The number of anilines is 1. The third kappa shape index (κ3) is 5.15. The highest BCUT2D eigenvalue weighted by Gasteiger charge is 2.70. The molecule has 14 heteroatoms. The van der Waals surface area contributed by atoms with Crippen LogP contribution in [0.4, 0.5) is 10.1 Å². The van der Waals surface area contributed by atoms with E-state index in [0.29, 0.717) is 25.3 Å². The summed E-state index contributed by atoms with van der Waals surface area (Å²) in [5, 5.41) is 21.5. The minimum absolute atomic E-state index is 0.0242. The number of imide groups is 2. The molecule has 2 aliphatic heterocycles. The number of nitrogens with one attached hydrogen (secondary N) is 1. The molecule has 2 aliphatic carbocycles. The molecule has 2 heterocycles. The van der Waals surface area contributed by atoms with E-state index in [1.54, 1.807) is 36.4 Å². The zero-order valence-electron chi connectivity index (χ0n) is 26.4. The van der Waals surface area contributed by atoms with E-state index < -0.39 is 76.8 Å². The predicted molar refractivity (Wildman–Crippen MR) is 185 cm³/mol. The van der Waals surface area contributed by atoms with E-state index >= 15 is 4.79 Å². The van der Waals surface area contributed by atoms with Crippen molar-refractivity contribution in [3.05, 3.63) is 97.8 Å². The summed E-state index contributed by atoms with van der Waals surface area (Å²) in [6.07, 6.45) is 1.65. The lowest BCUT2D eigenvalue weighted by molar-refractivity contribution is -0.143. The Kier molecular flexibility index (Phi) is 8.61. The molecule has 258 valence electrons. The summed E-state index contributed by atoms with van der Waals surface area (Å²) < 4.78 is 19.8. The normalized spacial score (nSPS) is 27.1. The van der Waals surface area contributed by atoms with Crippen molar-refractivity contribution in [1.29, 1.82) is 0 Å². The number of hydrogen-bond acceptors (Lipinski definition) is 8. The van der Waals surface area contributed by atoms with E-state index in [1.165, 1.54) is 31.4 Å². The number of nitrogens with zero attached hydrogens (tertiary/aromatic N) is 2. The first-order valence-corrected chi connectivity index (χ1v) is 17.3. The molecule has 0 radical (unpaired) electrons. The maximum atomic E-state index is 15.2. The number of phenols is 1. The Balaban J connectivity index is 1.45. The molecule has 6 atom stereocenters. The number of carbonyl (C=O) groups excluding carboxylic acids is 4. The average molecular weight is 814 g/mol. The van der Waals surface area contributed by atoms with Gasteiger partial charge in [-0.25, -0.2) is 4.39 Å². The van der Waals surface area contributed by atoms with E-state index in [2.05, 4.69) is 5.43 Å². The molecule has 7 rings (SSSR count). The van der Waals surface area contributed by atoms with Crippen molar-refractivity contribution in [2.45, 2.75) is 30.6 Å². The number of ether oxygens (including phenoxy) is 1.